The Morgan fingerprint density at radius 1 is 1.19 bits per heavy atom. The van der Waals surface area contributed by atoms with Crippen LogP contribution < -0.4 is 10.2 Å². The van der Waals surface area contributed by atoms with Crippen molar-refractivity contribution in [3.63, 3.8) is 0 Å². The van der Waals surface area contributed by atoms with E-state index in [1.807, 2.05) is 12.3 Å². The van der Waals surface area contributed by atoms with E-state index < -0.39 is 0 Å². The molecule has 2 aliphatic rings. The van der Waals surface area contributed by atoms with Gasteiger partial charge in [0.05, 0.1) is 41.6 Å². The van der Waals surface area contributed by atoms with Crippen LogP contribution in [0.1, 0.15) is 36.0 Å². The lowest BCUT2D eigenvalue weighted by Crippen LogP contribution is -2.43. The second kappa shape index (κ2) is 8.94. The van der Waals surface area contributed by atoms with Gasteiger partial charge in [-0.1, -0.05) is 12.1 Å². The Labute approximate surface area is 183 Å². The SMILES string of the molecule is Cn1c(CN(CCO)[C@H]2CCCc3cccnc32)nc2cccc(N3CCNCC3)c21. The fraction of sp³-hybridized carbons (Fsp3) is 0.500. The minimum Gasteiger partial charge on any atom is -0.395 e. The highest BCUT2D eigenvalue weighted by atomic mass is 16.3. The topological polar surface area (TPSA) is 69.5 Å². The van der Waals surface area contributed by atoms with Crippen molar-refractivity contribution in [3.8, 4) is 0 Å². The third kappa shape index (κ3) is 3.93. The van der Waals surface area contributed by atoms with Crippen LogP contribution in [0.15, 0.2) is 36.5 Å². The first-order valence-electron chi connectivity index (χ1n) is 11.4. The molecule has 0 spiro atoms. The Hall–Kier alpha value is -2.48. The summed E-state index contributed by atoms with van der Waals surface area (Å²) in [4.78, 5) is 14.6. The molecule has 2 aromatic heterocycles. The molecule has 7 nitrogen and oxygen atoms in total. The molecule has 0 unspecified atom stereocenters. The molecule has 31 heavy (non-hydrogen) atoms. The fourth-order valence-electron chi connectivity index (χ4n) is 5.19. The maximum atomic E-state index is 9.81. The van der Waals surface area contributed by atoms with Crippen LogP contribution in [0, 0.1) is 0 Å². The molecule has 2 N–H and O–H groups in total. The van der Waals surface area contributed by atoms with Gasteiger partial charge in [-0.25, -0.2) is 4.98 Å². The monoisotopic (exact) mass is 420 g/mol. The molecule has 1 aromatic carbocycles. The van der Waals surface area contributed by atoms with Gasteiger partial charge >= 0.3 is 0 Å². The normalized spacial score (nSPS) is 19.2. The predicted octanol–water partition coefficient (Wildman–Crippen LogP) is 2.25. The van der Waals surface area contributed by atoms with Gasteiger partial charge in [0, 0.05) is 46.0 Å². The molecule has 1 fully saturated rings. The molecular weight excluding hydrogens is 388 g/mol. The van der Waals surface area contributed by atoms with Gasteiger partial charge < -0.3 is 19.9 Å². The van der Waals surface area contributed by atoms with E-state index in [-0.39, 0.29) is 12.6 Å². The average Bonchev–Trinajstić information content (AvgIpc) is 3.14. The van der Waals surface area contributed by atoms with E-state index in [2.05, 4.69) is 51.0 Å². The third-order valence-corrected chi connectivity index (χ3v) is 6.76. The number of para-hydroxylation sites is 1. The molecule has 1 aliphatic carbocycles. The standard InChI is InChI=1S/C24H32N6O/c1-28-22(27-19-7-3-9-21(24(19)28)29-13-11-25-12-14-29)17-30(15-16-31)20-8-2-5-18-6-4-10-26-23(18)20/h3-4,6-7,9-10,20,25,31H,2,5,8,11-17H2,1H3/t20-/m0/s1. The van der Waals surface area contributed by atoms with Gasteiger partial charge in [0.25, 0.3) is 0 Å². The van der Waals surface area contributed by atoms with E-state index in [4.69, 9.17) is 9.97 Å². The molecule has 0 saturated carbocycles. The van der Waals surface area contributed by atoms with E-state index in [1.54, 1.807) is 0 Å². The van der Waals surface area contributed by atoms with Gasteiger partial charge in [0.1, 0.15) is 5.82 Å². The minimum absolute atomic E-state index is 0.134. The van der Waals surface area contributed by atoms with Crippen LogP contribution >= 0.6 is 0 Å². The summed E-state index contributed by atoms with van der Waals surface area (Å²) in [6, 6.07) is 10.9. The van der Waals surface area contributed by atoms with Crippen LogP contribution in [-0.2, 0) is 20.0 Å². The molecule has 5 rings (SSSR count). The van der Waals surface area contributed by atoms with E-state index in [1.165, 1.54) is 22.5 Å². The second-order valence-electron chi connectivity index (χ2n) is 8.62. The van der Waals surface area contributed by atoms with Gasteiger partial charge in [-0.05, 0) is 43.0 Å². The Balaban J connectivity index is 1.48. The summed E-state index contributed by atoms with van der Waals surface area (Å²) in [5.74, 6) is 1.04. The molecule has 7 heteroatoms. The number of aliphatic hydroxyl groups excluding tert-OH is 1. The van der Waals surface area contributed by atoms with Gasteiger partial charge in [0.2, 0.25) is 0 Å². The van der Waals surface area contributed by atoms with E-state index in [9.17, 15) is 5.11 Å². The molecule has 0 amide bonds. The smallest absolute Gasteiger partial charge is 0.123 e. The van der Waals surface area contributed by atoms with E-state index >= 15 is 0 Å². The largest absolute Gasteiger partial charge is 0.395 e. The van der Waals surface area contributed by atoms with Gasteiger partial charge in [-0.3, -0.25) is 9.88 Å². The van der Waals surface area contributed by atoms with Crippen LogP contribution in [0.4, 0.5) is 5.69 Å². The van der Waals surface area contributed by atoms with Crippen molar-refractivity contribution in [1.82, 2.24) is 24.8 Å². The van der Waals surface area contributed by atoms with Crippen molar-refractivity contribution in [3.05, 3.63) is 53.6 Å². The predicted molar refractivity (Wildman–Crippen MR) is 123 cm³/mol. The number of pyridine rings is 1. The molecule has 3 heterocycles. The first-order valence-corrected chi connectivity index (χ1v) is 11.4. The average molecular weight is 421 g/mol. The second-order valence-corrected chi connectivity index (χ2v) is 8.62. The van der Waals surface area contributed by atoms with Crippen molar-refractivity contribution < 1.29 is 5.11 Å². The number of benzene rings is 1. The van der Waals surface area contributed by atoms with Gasteiger partial charge in [-0.15, -0.1) is 0 Å². The van der Waals surface area contributed by atoms with Gasteiger partial charge in [-0.2, -0.15) is 0 Å². The molecule has 164 valence electrons. The molecule has 0 radical (unpaired) electrons. The number of aromatic nitrogens is 3. The number of nitrogens with one attached hydrogen (secondary N) is 1. The molecule has 0 bridgehead atoms. The minimum atomic E-state index is 0.134. The Kier molecular flexibility index (Phi) is 5.89. The highest BCUT2D eigenvalue weighted by Gasteiger charge is 2.28. The molecule has 3 aromatic rings. The molecule has 1 aliphatic heterocycles. The summed E-state index contributed by atoms with van der Waals surface area (Å²) in [6.07, 6.45) is 5.21. The molecule has 1 saturated heterocycles. The van der Waals surface area contributed by atoms with Crippen LogP contribution in [0.5, 0.6) is 0 Å². The Morgan fingerprint density at radius 3 is 2.90 bits per heavy atom. The zero-order valence-electron chi connectivity index (χ0n) is 18.3. The number of piperazine rings is 1. The van der Waals surface area contributed by atoms with Crippen molar-refractivity contribution in [2.75, 3.05) is 44.2 Å². The lowest BCUT2D eigenvalue weighted by molar-refractivity contribution is 0.125. The summed E-state index contributed by atoms with van der Waals surface area (Å²) in [5, 5.41) is 13.3. The summed E-state index contributed by atoms with van der Waals surface area (Å²) in [5.41, 5.74) is 6.01. The number of hydrogen-bond acceptors (Lipinski definition) is 6. The Morgan fingerprint density at radius 2 is 2.06 bits per heavy atom. The lowest BCUT2D eigenvalue weighted by atomic mass is 9.91. The summed E-state index contributed by atoms with van der Waals surface area (Å²) < 4.78 is 2.25. The van der Waals surface area contributed by atoms with Crippen LogP contribution in [-0.4, -0.2) is 63.9 Å². The number of anilines is 1. The van der Waals surface area contributed by atoms with E-state index in [0.29, 0.717) is 13.1 Å². The maximum Gasteiger partial charge on any atom is 0.123 e. The zero-order chi connectivity index (χ0) is 21.2. The zero-order valence-corrected chi connectivity index (χ0v) is 18.3. The highest BCUT2D eigenvalue weighted by molar-refractivity contribution is 5.89. The summed E-state index contributed by atoms with van der Waals surface area (Å²) >= 11 is 0. The Bertz CT molecular complexity index is 1040. The molecular formula is C24H32N6O. The number of imidazole rings is 1. The summed E-state index contributed by atoms with van der Waals surface area (Å²) in [7, 11) is 2.13. The van der Waals surface area contributed by atoms with Crippen molar-refractivity contribution >= 4 is 16.7 Å². The summed E-state index contributed by atoms with van der Waals surface area (Å²) in [6.45, 7) is 5.51. The van der Waals surface area contributed by atoms with Crippen molar-refractivity contribution in [2.24, 2.45) is 7.05 Å². The van der Waals surface area contributed by atoms with Crippen molar-refractivity contribution in [1.29, 1.82) is 0 Å². The van der Waals surface area contributed by atoms with Gasteiger partial charge in [0.15, 0.2) is 0 Å². The van der Waals surface area contributed by atoms with Crippen LogP contribution in [0.2, 0.25) is 0 Å². The number of rotatable bonds is 6. The quantitative estimate of drug-likeness (QED) is 0.638. The van der Waals surface area contributed by atoms with Crippen LogP contribution in [0.25, 0.3) is 11.0 Å². The highest BCUT2D eigenvalue weighted by Crippen LogP contribution is 2.34. The fourth-order valence-corrected chi connectivity index (χ4v) is 5.19. The first-order chi connectivity index (χ1) is 15.3. The number of hydrogen-bond donors (Lipinski definition) is 2. The first kappa shape index (κ1) is 20.4. The molecule has 1 atom stereocenters. The number of nitrogens with zero attached hydrogens (tertiary/aromatic N) is 5. The number of aryl methyl sites for hydroxylation is 2. The number of aliphatic hydroxyl groups is 1. The van der Waals surface area contributed by atoms with Crippen LogP contribution in [0.3, 0.4) is 0 Å². The number of fused-ring (bicyclic) bond motifs is 2. The van der Waals surface area contributed by atoms with Crippen molar-refractivity contribution in [2.45, 2.75) is 31.8 Å². The maximum absolute atomic E-state index is 9.81. The lowest BCUT2D eigenvalue weighted by Gasteiger charge is -2.34. The third-order valence-electron chi connectivity index (χ3n) is 6.76. The van der Waals surface area contributed by atoms with E-state index in [0.717, 1.165) is 56.8 Å².